The molecule has 2 amide bonds. The zero-order valence-corrected chi connectivity index (χ0v) is 27.1. The quantitative estimate of drug-likeness (QED) is 0.200. The molecule has 1 heterocycles. The van der Waals surface area contributed by atoms with Crippen LogP contribution in [0.2, 0.25) is 0 Å². The molecule has 0 saturated carbocycles. The van der Waals surface area contributed by atoms with Crippen LogP contribution in [0.3, 0.4) is 0 Å². The maximum absolute atomic E-state index is 13.9. The number of amides is 2. The molecule has 0 aliphatic carbocycles. The molecule has 3 N–H and O–H groups in total. The first-order valence-electron chi connectivity index (χ1n) is 15.5. The number of rotatable bonds is 11. The summed E-state index contributed by atoms with van der Waals surface area (Å²) < 4.78 is 1.64. The second-order valence-corrected chi connectivity index (χ2v) is 11.6. The molecule has 0 unspecified atom stereocenters. The van der Waals surface area contributed by atoms with E-state index >= 15 is 0 Å². The Hall–Kier alpha value is -4.02. The Morgan fingerprint density at radius 3 is 2.19 bits per heavy atom. The van der Waals surface area contributed by atoms with Gasteiger partial charge in [0.2, 0.25) is 0 Å². The monoisotopic (exact) mass is 584 g/mol. The van der Waals surface area contributed by atoms with E-state index in [-0.39, 0.29) is 28.8 Å². The van der Waals surface area contributed by atoms with Gasteiger partial charge < -0.3 is 20.3 Å². The van der Waals surface area contributed by atoms with Crippen LogP contribution in [0.15, 0.2) is 47.4 Å². The van der Waals surface area contributed by atoms with Crippen molar-refractivity contribution in [2.75, 3.05) is 30.3 Å². The smallest absolute Gasteiger partial charge is 0.323 e. The average molecular weight is 585 g/mol. The van der Waals surface area contributed by atoms with E-state index in [0.717, 1.165) is 53.9 Å². The minimum atomic E-state index is -0.504. The van der Waals surface area contributed by atoms with Gasteiger partial charge in [-0.05, 0) is 73.2 Å². The van der Waals surface area contributed by atoms with Gasteiger partial charge >= 0.3 is 6.03 Å². The van der Waals surface area contributed by atoms with E-state index in [4.69, 9.17) is 0 Å². The summed E-state index contributed by atoms with van der Waals surface area (Å²) in [5.74, 6) is 6.80. The number of unbranched alkanes of at least 4 members (excludes halogenated alkanes) is 1. The summed E-state index contributed by atoms with van der Waals surface area (Å²) >= 11 is 0. The van der Waals surface area contributed by atoms with E-state index in [0.29, 0.717) is 24.2 Å². The van der Waals surface area contributed by atoms with Crippen LogP contribution in [0.1, 0.15) is 95.4 Å². The van der Waals surface area contributed by atoms with Crippen LogP contribution in [-0.2, 0) is 6.54 Å². The molecule has 230 valence electrons. The summed E-state index contributed by atoms with van der Waals surface area (Å²) in [4.78, 5) is 29.8. The van der Waals surface area contributed by atoms with Gasteiger partial charge in [0.05, 0.1) is 6.54 Å². The number of hydrogen-bond donors (Lipinski definition) is 3. The average Bonchev–Trinajstić information content (AvgIpc) is 2.97. The highest BCUT2D eigenvalue weighted by Crippen LogP contribution is 2.37. The number of hydrogen-bond acceptors (Lipinski definition) is 4. The highest BCUT2D eigenvalue weighted by Gasteiger charge is 2.22. The van der Waals surface area contributed by atoms with Crippen LogP contribution in [0.25, 0.3) is 11.1 Å². The maximum atomic E-state index is 13.9. The van der Waals surface area contributed by atoms with Crippen LogP contribution >= 0.6 is 0 Å². The Labute approximate surface area is 257 Å². The number of anilines is 2. The van der Waals surface area contributed by atoms with Gasteiger partial charge in [-0.2, -0.15) is 0 Å². The number of aryl methyl sites for hydroxylation is 2. The van der Waals surface area contributed by atoms with Crippen LogP contribution in [-0.4, -0.2) is 40.2 Å². The predicted octanol–water partition coefficient (Wildman–Crippen LogP) is 7.91. The molecule has 2 aromatic carbocycles. The van der Waals surface area contributed by atoms with E-state index in [1.54, 1.807) is 29.0 Å². The number of nitrogens with zero attached hydrogens (tertiary/aromatic N) is 2. The highest BCUT2D eigenvalue weighted by molar-refractivity contribution is 6.03. The fourth-order valence-electron chi connectivity index (χ4n) is 5.23. The molecule has 3 aromatic rings. The van der Waals surface area contributed by atoms with Gasteiger partial charge in [0, 0.05) is 35.1 Å². The first-order chi connectivity index (χ1) is 20.5. The standard InChI is InChI=1S/C36H48N4O3/c1-9-12-21-40-23-26(8)32(30-22-27(18-19-31(30)41)15-14-20-39(10-2)11-3)34(35(40)42)38-36(43)37-33-28(24(4)5)16-13-17-29(33)25(6)7/h13,16-19,22-25,41H,9-12,20-21H2,1-8H3,(H2,37,38,43). The largest absolute Gasteiger partial charge is 0.507 e. The van der Waals surface area contributed by atoms with E-state index in [2.05, 4.69) is 75.8 Å². The number of urea groups is 1. The number of para-hydroxylation sites is 1. The summed E-state index contributed by atoms with van der Waals surface area (Å²) in [5, 5.41) is 17.0. The third-order valence-corrected chi connectivity index (χ3v) is 7.77. The Bertz CT molecular complexity index is 1510. The lowest BCUT2D eigenvalue weighted by atomic mass is 9.93. The molecule has 7 heteroatoms. The Morgan fingerprint density at radius 1 is 0.977 bits per heavy atom. The van der Waals surface area contributed by atoms with Crippen molar-refractivity contribution in [3.63, 3.8) is 0 Å². The lowest BCUT2D eigenvalue weighted by molar-refractivity contribution is 0.262. The molecule has 0 fully saturated rings. The lowest BCUT2D eigenvalue weighted by Gasteiger charge is -2.22. The SMILES string of the molecule is CCCCn1cc(C)c(-c2cc(C#CCN(CC)CC)ccc2O)c(NC(=O)Nc2c(C(C)C)cccc2C(C)C)c1=O. The molecule has 0 aliphatic rings. The first-order valence-corrected chi connectivity index (χ1v) is 15.5. The topological polar surface area (TPSA) is 86.6 Å². The van der Waals surface area contributed by atoms with Gasteiger partial charge in [0.25, 0.3) is 5.56 Å². The minimum absolute atomic E-state index is 0.0128. The molecule has 0 aliphatic heterocycles. The van der Waals surface area contributed by atoms with E-state index in [1.165, 1.54) is 0 Å². The zero-order valence-electron chi connectivity index (χ0n) is 27.1. The lowest BCUT2D eigenvalue weighted by Crippen LogP contribution is -2.30. The van der Waals surface area contributed by atoms with Gasteiger partial charge in [0.1, 0.15) is 11.4 Å². The van der Waals surface area contributed by atoms with Gasteiger partial charge in [-0.25, -0.2) is 4.79 Å². The summed E-state index contributed by atoms with van der Waals surface area (Å²) in [5.41, 5.74) is 5.05. The van der Waals surface area contributed by atoms with Crippen LogP contribution in [0.5, 0.6) is 5.75 Å². The molecular weight excluding hydrogens is 536 g/mol. The molecule has 0 saturated heterocycles. The van der Waals surface area contributed by atoms with Gasteiger partial charge in [-0.1, -0.05) is 84.9 Å². The highest BCUT2D eigenvalue weighted by atomic mass is 16.3. The number of aromatic hydroxyl groups is 1. The number of carbonyl (C=O) groups excluding carboxylic acids is 1. The Kier molecular flexibility index (Phi) is 12.0. The molecule has 3 rings (SSSR count). The van der Waals surface area contributed by atoms with Crippen molar-refractivity contribution in [2.45, 2.75) is 86.6 Å². The number of nitrogens with one attached hydrogen (secondary N) is 2. The number of aromatic nitrogens is 1. The third-order valence-electron chi connectivity index (χ3n) is 7.77. The van der Waals surface area contributed by atoms with Crippen LogP contribution < -0.4 is 16.2 Å². The summed E-state index contributed by atoms with van der Waals surface area (Å²) in [7, 11) is 0. The van der Waals surface area contributed by atoms with Crippen molar-refractivity contribution in [2.24, 2.45) is 0 Å². The summed E-state index contributed by atoms with van der Waals surface area (Å²) in [6.07, 6.45) is 3.56. The molecule has 1 aromatic heterocycles. The maximum Gasteiger partial charge on any atom is 0.323 e. The molecular formula is C36H48N4O3. The van der Waals surface area contributed by atoms with E-state index in [9.17, 15) is 14.7 Å². The second kappa shape index (κ2) is 15.5. The molecule has 7 nitrogen and oxygen atoms in total. The van der Waals surface area contributed by atoms with E-state index in [1.807, 2.05) is 25.1 Å². The van der Waals surface area contributed by atoms with Crippen molar-refractivity contribution in [1.82, 2.24) is 9.47 Å². The summed E-state index contributed by atoms with van der Waals surface area (Å²) in [6, 6.07) is 10.7. The Balaban J connectivity index is 2.12. The fourth-order valence-corrected chi connectivity index (χ4v) is 5.23. The van der Waals surface area contributed by atoms with Crippen LogP contribution in [0, 0.1) is 18.8 Å². The first kappa shape index (κ1) is 33.5. The number of carbonyl (C=O) groups is 1. The van der Waals surface area contributed by atoms with Crippen molar-refractivity contribution in [3.8, 4) is 28.7 Å². The molecule has 43 heavy (non-hydrogen) atoms. The van der Waals surface area contributed by atoms with Crippen LogP contribution in [0.4, 0.5) is 16.2 Å². The molecule has 0 radical (unpaired) electrons. The van der Waals surface area contributed by atoms with Gasteiger partial charge in [-0.3, -0.25) is 9.69 Å². The van der Waals surface area contributed by atoms with Gasteiger partial charge in [-0.15, -0.1) is 0 Å². The number of benzene rings is 2. The number of pyridine rings is 1. The third kappa shape index (κ3) is 8.30. The summed E-state index contributed by atoms with van der Waals surface area (Å²) in [6.45, 7) is 19.5. The normalized spacial score (nSPS) is 11.1. The molecule has 0 bridgehead atoms. The number of phenolic OH excluding ortho intramolecular Hbond substituents is 1. The van der Waals surface area contributed by atoms with Crippen molar-refractivity contribution in [1.29, 1.82) is 0 Å². The van der Waals surface area contributed by atoms with Crippen molar-refractivity contribution >= 4 is 17.4 Å². The fraction of sp³-hybridized carbons (Fsp3) is 0.444. The van der Waals surface area contributed by atoms with Gasteiger partial charge in [0.15, 0.2) is 0 Å². The van der Waals surface area contributed by atoms with Crippen molar-refractivity contribution < 1.29 is 9.90 Å². The second-order valence-electron chi connectivity index (χ2n) is 11.6. The van der Waals surface area contributed by atoms with E-state index < -0.39 is 6.03 Å². The number of phenols is 1. The minimum Gasteiger partial charge on any atom is -0.507 e. The van der Waals surface area contributed by atoms with Crippen molar-refractivity contribution in [3.05, 3.63) is 75.2 Å². The zero-order chi connectivity index (χ0) is 31.7. The predicted molar refractivity (Wildman–Crippen MR) is 179 cm³/mol. The molecule has 0 spiro atoms. The Morgan fingerprint density at radius 2 is 1.60 bits per heavy atom. The molecule has 0 atom stereocenters.